The SMILES string of the molecule is O=C(NCc1cccnc1)c1ccc(NCCc2ccc(F)cc2)nc1. The molecule has 0 aliphatic rings. The first-order valence-corrected chi connectivity index (χ1v) is 8.32. The Morgan fingerprint density at radius 2 is 1.85 bits per heavy atom. The van der Waals surface area contributed by atoms with Crippen LogP contribution in [-0.4, -0.2) is 22.4 Å². The summed E-state index contributed by atoms with van der Waals surface area (Å²) in [5, 5.41) is 6.02. The number of amides is 1. The summed E-state index contributed by atoms with van der Waals surface area (Å²) in [4.78, 5) is 20.4. The maximum Gasteiger partial charge on any atom is 0.253 e. The summed E-state index contributed by atoms with van der Waals surface area (Å²) in [6, 6.07) is 13.7. The van der Waals surface area contributed by atoms with Gasteiger partial charge in [-0.15, -0.1) is 0 Å². The van der Waals surface area contributed by atoms with Crippen LogP contribution in [0.15, 0.2) is 67.1 Å². The van der Waals surface area contributed by atoms with Crippen molar-refractivity contribution in [3.63, 3.8) is 0 Å². The molecule has 0 aliphatic carbocycles. The Labute approximate surface area is 151 Å². The number of nitrogens with zero attached hydrogens (tertiary/aromatic N) is 2. The van der Waals surface area contributed by atoms with E-state index in [4.69, 9.17) is 0 Å². The lowest BCUT2D eigenvalue weighted by Crippen LogP contribution is -2.23. The van der Waals surface area contributed by atoms with Crippen LogP contribution in [0.25, 0.3) is 0 Å². The van der Waals surface area contributed by atoms with Crippen molar-refractivity contribution in [2.24, 2.45) is 0 Å². The van der Waals surface area contributed by atoms with Crippen LogP contribution in [0.3, 0.4) is 0 Å². The lowest BCUT2D eigenvalue weighted by molar-refractivity contribution is 0.0950. The number of aromatic nitrogens is 2. The van der Waals surface area contributed by atoms with Gasteiger partial charge in [0, 0.05) is 31.7 Å². The number of carbonyl (C=O) groups excluding carboxylic acids is 1. The highest BCUT2D eigenvalue weighted by Gasteiger charge is 2.06. The third-order valence-corrected chi connectivity index (χ3v) is 3.83. The zero-order valence-electron chi connectivity index (χ0n) is 14.2. The third kappa shape index (κ3) is 5.11. The predicted molar refractivity (Wildman–Crippen MR) is 98.2 cm³/mol. The van der Waals surface area contributed by atoms with Crippen molar-refractivity contribution in [2.75, 3.05) is 11.9 Å². The fourth-order valence-electron chi connectivity index (χ4n) is 2.41. The summed E-state index contributed by atoms with van der Waals surface area (Å²) in [6.07, 6.45) is 5.71. The van der Waals surface area contributed by atoms with Crippen molar-refractivity contribution in [3.05, 3.63) is 89.6 Å². The van der Waals surface area contributed by atoms with Crippen LogP contribution in [0.2, 0.25) is 0 Å². The Morgan fingerprint density at radius 1 is 1.00 bits per heavy atom. The van der Waals surface area contributed by atoms with Crippen molar-refractivity contribution in [1.82, 2.24) is 15.3 Å². The average molecular weight is 350 g/mol. The third-order valence-electron chi connectivity index (χ3n) is 3.83. The standard InChI is InChI=1S/C20H19FN4O/c21-18-6-3-15(4-7-18)9-11-23-19-8-5-17(14-24-19)20(26)25-13-16-2-1-10-22-12-16/h1-8,10,12,14H,9,11,13H2,(H,23,24)(H,25,26). The molecular formula is C20H19FN4O. The van der Waals surface area contributed by atoms with E-state index in [9.17, 15) is 9.18 Å². The number of nitrogens with one attached hydrogen (secondary N) is 2. The number of rotatable bonds is 7. The molecule has 3 rings (SSSR count). The van der Waals surface area contributed by atoms with Gasteiger partial charge >= 0.3 is 0 Å². The van der Waals surface area contributed by atoms with Crippen molar-refractivity contribution < 1.29 is 9.18 Å². The molecule has 3 aromatic rings. The number of carbonyl (C=O) groups is 1. The molecule has 1 aromatic carbocycles. The number of hydrogen-bond acceptors (Lipinski definition) is 4. The van der Waals surface area contributed by atoms with Gasteiger partial charge in [-0.1, -0.05) is 18.2 Å². The molecule has 2 aromatic heterocycles. The minimum absolute atomic E-state index is 0.181. The van der Waals surface area contributed by atoms with Crippen LogP contribution < -0.4 is 10.6 Å². The molecule has 1 amide bonds. The van der Waals surface area contributed by atoms with E-state index in [0.717, 1.165) is 17.5 Å². The van der Waals surface area contributed by atoms with Gasteiger partial charge in [-0.2, -0.15) is 0 Å². The highest BCUT2D eigenvalue weighted by Crippen LogP contribution is 2.07. The number of anilines is 1. The molecule has 0 atom stereocenters. The fraction of sp³-hybridized carbons (Fsp3) is 0.150. The minimum Gasteiger partial charge on any atom is -0.370 e. The first kappa shape index (κ1) is 17.5. The number of pyridine rings is 2. The zero-order valence-corrected chi connectivity index (χ0v) is 14.2. The van der Waals surface area contributed by atoms with E-state index in [2.05, 4.69) is 20.6 Å². The maximum atomic E-state index is 12.9. The molecule has 0 spiro atoms. The van der Waals surface area contributed by atoms with Gasteiger partial charge in [-0.05, 0) is 47.9 Å². The monoisotopic (exact) mass is 350 g/mol. The van der Waals surface area contributed by atoms with Gasteiger partial charge in [-0.3, -0.25) is 9.78 Å². The van der Waals surface area contributed by atoms with Crippen LogP contribution in [-0.2, 0) is 13.0 Å². The molecule has 26 heavy (non-hydrogen) atoms. The Bertz CT molecular complexity index is 836. The molecular weight excluding hydrogens is 331 g/mol. The second-order valence-electron chi connectivity index (χ2n) is 5.78. The van der Waals surface area contributed by atoms with Crippen molar-refractivity contribution in [3.8, 4) is 0 Å². The summed E-state index contributed by atoms with van der Waals surface area (Å²) in [6.45, 7) is 1.09. The van der Waals surface area contributed by atoms with Gasteiger partial charge in [-0.25, -0.2) is 9.37 Å². The zero-order chi connectivity index (χ0) is 18.2. The molecule has 0 bridgehead atoms. The Morgan fingerprint density at radius 3 is 2.54 bits per heavy atom. The lowest BCUT2D eigenvalue weighted by atomic mass is 10.1. The van der Waals surface area contributed by atoms with Crippen molar-refractivity contribution in [2.45, 2.75) is 13.0 Å². The molecule has 0 saturated carbocycles. The second kappa shape index (κ2) is 8.71. The Kier molecular flexibility index (Phi) is 5.88. The first-order chi connectivity index (χ1) is 12.7. The quantitative estimate of drug-likeness (QED) is 0.687. The van der Waals surface area contributed by atoms with E-state index in [-0.39, 0.29) is 11.7 Å². The summed E-state index contributed by atoms with van der Waals surface area (Å²) >= 11 is 0. The van der Waals surface area contributed by atoms with E-state index in [1.807, 2.05) is 12.1 Å². The van der Waals surface area contributed by atoms with Gasteiger partial charge in [0.2, 0.25) is 0 Å². The van der Waals surface area contributed by atoms with Gasteiger partial charge in [0.05, 0.1) is 5.56 Å². The van der Waals surface area contributed by atoms with Crippen molar-refractivity contribution >= 4 is 11.7 Å². The molecule has 0 saturated heterocycles. The topological polar surface area (TPSA) is 66.9 Å². The molecule has 5 nitrogen and oxygen atoms in total. The smallest absolute Gasteiger partial charge is 0.253 e. The van der Waals surface area contributed by atoms with E-state index in [1.165, 1.54) is 12.1 Å². The second-order valence-corrected chi connectivity index (χ2v) is 5.78. The summed E-state index contributed by atoms with van der Waals surface area (Å²) in [5.74, 6) is 0.274. The number of halogens is 1. The summed E-state index contributed by atoms with van der Waals surface area (Å²) < 4.78 is 12.9. The van der Waals surface area contributed by atoms with Gasteiger partial charge in [0.25, 0.3) is 5.91 Å². The van der Waals surface area contributed by atoms with E-state index in [0.29, 0.717) is 24.5 Å². The van der Waals surface area contributed by atoms with Gasteiger partial charge in [0.15, 0.2) is 0 Å². The largest absolute Gasteiger partial charge is 0.370 e. The maximum absolute atomic E-state index is 12.9. The lowest BCUT2D eigenvalue weighted by Gasteiger charge is -2.08. The van der Waals surface area contributed by atoms with Crippen LogP contribution in [0.5, 0.6) is 0 Å². The summed E-state index contributed by atoms with van der Waals surface area (Å²) in [7, 11) is 0. The molecule has 2 heterocycles. The molecule has 0 radical (unpaired) electrons. The molecule has 132 valence electrons. The molecule has 0 unspecified atom stereocenters. The average Bonchev–Trinajstić information content (AvgIpc) is 2.69. The summed E-state index contributed by atoms with van der Waals surface area (Å²) in [5.41, 5.74) is 2.48. The normalized spacial score (nSPS) is 10.3. The molecule has 6 heteroatoms. The van der Waals surface area contributed by atoms with Crippen LogP contribution in [0.4, 0.5) is 10.2 Å². The molecule has 0 fully saturated rings. The highest BCUT2D eigenvalue weighted by atomic mass is 19.1. The van der Waals surface area contributed by atoms with Crippen LogP contribution >= 0.6 is 0 Å². The minimum atomic E-state index is -0.235. The number of hydrogen-bond donors (Lipinski definition) is 2. The van der Waals surface area contributed by atoms with Crippen LogP contribution in [0.1, 0.15) is 21.5 Å². The first-order valence-electron chi connectivity index (χ1n) is 8.32. The molecule has 2 N–H and O–H groups in total. The predicted octanol–water partition coefficient (Wildman–Crippen LogP) is 3.20. The van der Waals surface area contributed by atoms with E-state index < -0.39 is 0 Å². The van der Waals surface area contributed by atoms with Crippen molar-refractivity contribution in [1.29, 1.82) is 0 Å². The van der Waals surface area contributed by atoms with Gasteiger partial charge in [0.1, 0.15) is 11.6 Å². The molecule has 0 aliphatic heterocycles. The Balaban J connectivity index is 1.46. The van der Waals surface area contributed by atoms with Crippen LogP contribution in [0, 0.1) is 5.82 Å². The highest BCUT2D eigenvalue weighted by molar-refractivity contribution is 5.93. The van der Waals surface area contributed by atoms with Gasteiger partial charge < -0.3 is 10.6 Å². The van der Waals surface area contributed by atoms with E-state index in [1.54, 1.807) is 42.9 Å². The Hall–Kier alpha value is -3.28. The van der Waals surface area contributed by atoms with E-state index >= 15 is 0 Å². The fourth-order valence-corrected chi connectivity index (χ4v) is 2.41. The number of benzene rings is 1.